The number of hydrogen-bond acceptors (Lipinski definition) is 5. The maximum atomic E-state index is 11.2. The third kappa shape index (κ3) is 1.83. The Bertz CT molecular complexity index is 490. The minimum atomic E-state index is -1.01. The van der Waals surface area contributed by atoms with Gasteiger partial charge in [0.05, 0.1) is 10.4 Å². The minimum Gasteiger partial charge on any atom is -0.477 e. The van der Waals surface area contributed by atoms with Crippen molar-refractivity contribution in [1.82, 2.24) is 10.1 Å². The fourth-order valence-corrected chi connectivity index (χ4v) is 2.05. The lowest BCUT2D eigenvalue weighted by atomic mass is 10.1. The summed E-state index contributed by atoms with van der Waals surface area (Å²) in [6, 6.07) is 0. The van der Waals surface area contributed by atoms with Crippen LogP contribution in [0.5, 0.6) is 0 Å². The van der Waals surface area contributed by atoms with Crippen LogP contribution in [0.4, 0.5) is 0 Å². The predicted molar refractivity (Wildman–Crippen MR) is 58.6 cm³/mol. The summed E-state index contributed by atoms with van der Waals surface area (Å²) in [6.07, 6.45) is 2.98. The largest absolute Gasteiger partial charge is 0.477 e. The van der Waals surface area contributed by atoms with E-state index in [4.69, 9.17) is 9.63 Å². The van der Waals surface area contributed by atoms with Crippen molar-refractivity contribution < 1.29 is 14.4 Å². The lowest BCUT2D eigenvalue weighted by molar-refractivity contribution is 0.0695. The van der Waals surface area contributed by atoms with E-state index in [2.05, 4.69) is 10.1 Å². The summed E-state index contributed by atoms with van der Waals surface area (Å²) in [5, 5.41) is 13.0. The second-order valence-electron chi connectivity index (χ2n) is 3.25. The van der Waals surface area contributed by atoms with E-state index in [1.54, 1.807) is 11.7 Å². The third-order valence-corrected chi connectivity index (χ3v) is 2.90. The Balaban J connectivity index is 2.50. The number of aromatic nitrogens is 2. The van der Waals surface area contributed by atoms with Gasteiger partial charge in [0.1, 0.15) is 11.3 Å². The van der Waals surface area contributed by atoms with Crippen molar-refractivity contribution in [3.8, 4) is 10.6 Å². The van der Waals surface area contributed by atoms with E-state index in [0.29, 0.717) is 22.8 Å². The SMILES string of the molecule is CCCc1onc(-c2cncs2)c1C(=O)O. The first-order valence-electron chi connectivity index (χ1n) is 4.84. The molecular formula is C10H10N2O3S. The van der Waals surface area contributed by atoms with Gasteiger partial charge in [-0.15, -0.1) is 11.3 Å². The van der Waals surface area contributed by atoms with E-state index in [1.165, 1.54) is 11.3 Å². The summed E-state index contributed by atoms with van der Waals surface area (Å²) in [7, 11) is 0. The minimum absolute atomic E-state index is 0.158. The molecule has 2 rings (SSSR count). The molecule has 0 saturated carbocycles. The number of rotatable bonds is 4. The summed E-state index contributed by atoms with van der Waals surface area (Å²) < 4.78 is 5.07. The van der Waals surface area contributed by atoms with Gasteiger partial charge < -0.3 is 9.63 Å². The molecule has 0 unspecified atom stereocenters. The molecule has 1 N–H and O–H groups in total. The number of thiazole rings is 1. The van der Waals surface area contributed by atoms with Crippen LogP contribution in [-0.2, 0) is 6.42 Å². The zero-order chi connectivity index (χ0) is 11.5. The summed E-state index contributed by atoms with van der Waals surface area (Å²) in [5.74, 6) is -0.577. The standard InChI is InChI=1S/C10H10N2O3S/c1-2-3-6-8(10(13)14)9(12-15-6)7-4-11-5-16-7/h4-5H,2-3H2,1H3,(H,13,14). The van der Waals surface area contributed by atoms with Crippen LogP contribution in [0, 0.1) is 0 Å². The molecule has 2 heterocycles. The molecule has 0 atom stereocenters. The highest BCUT2D eigenvalue weighted by Crippen LogP contribution is 2.28. The van der Waals surface area contributed by atoms with Gasteiger partial charge in [-0.25, -0.2) is 4.79 Å². The molecule has 6 heteroatoms. The van der Waals surface area contributed by atoms with E-state index in [-0.39, 0.29) is 5.56 Å². The molecule has 84 valence electrons. The smallest absolute Gasteiger partial charge is 0.341 e. The fourth-order valence-electron chi connectivity index (χ4n) is 1.44. The highest BCUT2D eigenvalue weighted by molar-refractivity contribution is 7.13. The van der Waals surface area contributed by atoms with Gasteiger partial charge in [0.15, 0.2) is 5.76 Å². The molecule has 0 amide bonds. The molecule has 16 heavy (non-hydrogen) atoms. The average molecular weight is 238 g/mol. The molecule has 0 aliphatic heterocycles. The number of carboxylic acids is 1. The first-order valence-corrected chi connectivity index (χ1v) is 5.72. The molecule has 0 aliphatic carbocycles. The van der Waals surface area contributed by atoms with Crippen molar-refractivity contribution in [2.24, 2.45) is 0 Å². The van der Waals surface area contributed by atoms with Crippen LogP contribution in [0.2, 0.25) is 0 Å². The number of aromatic carboxylic acids is 1. The van der Waals surface area contributed by atoms with E-state index < -0.39 is 5.97 Å². The molecular weight excluding hydrogens is 228 g/mol. The van der Waals surface area contributed by atoms with E-state index in [9.17, 15) is 4.79 Å². The average Bonchev–Trinajstić information content (AvgIpc) is 2.83. The van der Waals surface area contributed by atoms with Crippen molar-refractivity contribution in [2.45, 2.75) is 19.8 Å². The zero-order valence-electron chi connectivity index (χ0n) is 8.64. The van der Waals surface area contributed by atoms with Crippen LogP contribution in [0.3, 0.4) is 0 Å². The molecule has 0 saturated heterocycles. The van der Waals surface area contributed by atoms with Crippen LogP contribution in [0.15, 0.2) is 16.2 Å². The Hall–Kier alpha value is -1.69. The molecule has 2 aromatic rings. The Labute approximate surface area is 95.7 Å². The van der Waals surface area contributed by atoms with Crippen molar-refractivity contribution >= 4 is 17.3 Å². The Morgan fingerprint density at radius 1 is 1.62 bits per heavy atom. The first kappa shape index (κ1) is 10.8. The molecule has 0 aliphatic rings. The number of carbonyl (C=O) groups is 1. The Kier molecular flexibility index (Phi) is 3.00. The van der Waals surface area contributed by atoms with Gasteiger partial charge in [0.25, 0.3) is 0 Å². The van der Waals surface area contributed by atoms with Gasteiger partial charge in [-0.1, -0.05) is 12.1 Å². The number of carboxylic acid groups (broad SMARTS) is 1. The second-order valence-corrected chi connectivity index (χ2v) is 4.14. The van der Waals surface area contributed by atoms with Crippen LogP contribution >= 0.6 is 11.3 Å². The van der Waals surface area contributed by atoms with Crippen molar-refractivity contribution in [1.29, 1.82) is 0 Å². The Morgan fingerprint density at radius 2 is 2.44 bits per heavy atom. The summed E-state index contributed by atoms with van der Waals surface area (Å²) in [5.41, 5.74) is 2.17. The zero-order valence-corrected chi connectivity index (χ0v) is 9.45. The van der Waals surface area contributed by atoms with E-state index >= 15 is 0 Å². The van der Waals surface area contributed by atoms with Crippen LogP contribution in [0.25, 0.3) is 10.6 Å². The second kappa shape index (κ2) is 4.44. The number of hydrogen-bond donors (Lipinski definition) is 1. The maximum Gasteiger partial charge on any atom is 0.341 e. The van der Waals surface area contributed by atoms with Gasteiger partial charge in [-0.2, -0.15) is 0 Å². The summed E-state index contributed by atoms with van der Waals surface area (Å²) >= 11 is 1.34. The number of nitrogens with zero attached hydrogens (tertiary/aromatic N) is 2. The molecule has 2 aromatic heterocycles. The molecule has 0 radical (unpaired) electrons. The topological polar surface area (TPSA) is 76.2 Å². The quantitative estimate of drug-likeness (QED) is 0.885. The van der Waals surface area contributed by atoms with Gasteiger partial charge in [0, 0.05) is 12.6 Å². The summed E-state index contributed by atoms with van der Waals surface area (Å²) in [4.78, 5) is 15.8. The molecule has 5 nitrogen and oxygen atoms in total. The Morgan fingerprint density at radius 3 is 3.00 bits per heavy atom. The fraction of sp³-hybridized carbons (Fsp3) is 0.300. The monoisotopic (exact) mass is 238 g/mol. The predicted octanol–water partition coefficient (Wildman–Crippen LogP) is 2.45. The van der Waals surface area contributed by atoms with Crippen LogP contribution in [0.1, 0.15) is 29.5 Å². The van der Waals surface area contributed by atoms with E-state index in [1.807, 2.05) is 6.92 Å². The molecule has 0 aromatic carbocycles. The number of aryl methyl sites for hydroxylation is 1. The van der Waals surface area contributed by atoms with Crippen molar-refractivity contribution in [3.05, 3.63) is 23.0 Å². The lowest BCUT2D eigenvalue weighted by Crippen LogP contribution is -2.00. The van der Waals surface area contributed by atoms with Gasteiger partial charge in [-0.3, -0.25) is 4.98 Å². The van der Waals surface area contributed by atoms with Gasteiger partial charge >= 0.3 is 5.97 Å². The third-order valence-electron chi connectivity index (χ3n) is 2.12. The highest BCUT2D eigenvalue weighted by Gasteiger charge is 2.23. The van der Waals surface area contributed by atoms with Crippen LogP contribution < -0.4 is 0 Å². The molecule has 0 fully saturated rings. The van der Waals surface area contributed by atoms with Crippen molar-refractivity contribution in [2.75, 3.05) is 0 Å². The van der Waals surface area contributed by atoms with Crippen LogP contribution in [-0.4, -0.2) is 21.2 Å². The molecule has 0 spiro atoms. The van der Waals surface area contributed by atoms with Gasteiger partial charge in [0.2, 0.25) is 0 Å². The van der Waals surface area contributed by atoms with Gasteiger partial charge in [-0.05, 0) is 6.42 Å². The lowest BCUT2D eigenvalue weighted by Gasteiger charge is -1.95. The summed E-state index contributed by atoms with van der Waals surface area (Å²) in [6.45, 7) is 1.96. The van der Waals surface area contributed by atoms with E-state index in [0.717, 1.165) is 6.42 Å². The molecule has 0 bridgehead atoms. The van der Waals surface area contributed by atoms with Crippen molar-refractivity contribution in [3.63, 3.8) is 0 Å². The normalized spacial score (nSPS) is 10.6. The first-order chi connectivity index (χ1) is 7.74. The highest BCUT2D eigenvalue weighted by atomic mass is 32.1. The maximum absolute atomic E-state index is 11.2.